The molecule has 4 nitrogen and oxygen atoms in total. The lowest BCUT2D eigenvalue weighted by Gasteiger charge is -2.31. The van der Waals surface area contributed by atoms with Crippen LogP contribution in [0.3, 0.4) is 0 Å². The van der Waals surface area contributed by atoms with Crippen molar-refractivity contribution in [3.8, 4) is 0 Å². The van der Waals surface area contributed by atoms with E-state index in [9.17, 15) is 23.1 Å². The van der Waals surface area contributed by atoms with Crippen LogP contribution in [0.1, 0.15) is 22.3 Å². The average Bonchev–Trinajstić information content (AvgIpc) is 2.94. The summed E-state index contributed by atoms with van der Waals surface area (Å²) in [4.78, 5) is 12.8. The summed E-state index contributed by atoms with van der Waals surface area (Å²) in [7, 11) is 0. The Kier molecular flexibility index (Phi) is 4.98. The molecule has 2 aromatic rings. The summed E-state index contributed by atoms with van der Waals surface area (Å²) < 4.78 is 40.8. The Balaban J connectivity index is 2.08. The lowest BCUT2D eigenvalue weighted by molar-refractivity contribution is -0.0816. The minimum atomic E-state index is -4.75. The van der Waals surface area contributed by atoms with Gasteiger partial charge in [-0.05, 0) is 30.3 Å². The van der Waals surface area contributed by atoms with Crippen LogP contribution < -0.4 is 0 Å². The second kappa shape index (κ2) is 6.79. The quantitative estimate of drug-likeness (QED) is 0.654. The molecule has 1 aliphatic heterocycles. The number of aliphatic hydroxyl groups is 1. The molecule has 1 heterocycles. The van der Waals surface area contributed by atoms with Gasteiger partial charge in [0.2, 0.25) is 0 Å². The lowest BCUT2D eigenvalue weighted by atomic mass is 9.96. The van der Waals surface area contributed by atoms with E-state index in [0.29, 0.717) is 14.0 Å². The van der Waals surface area contributed by atoms with Gasteiger partial charge >= 0.3 is 6.18 Å². The largest absolute Gasteiger partial charge is 0.431 e. The molecule has 0 saturated carbocycles. The standard InChI is InChI=1S/C17H11Br2F3N2O2/c18-12-6-4-11(5-7-12)16(26)9-14(17(20,21)22)23-24(16)15(25)10-2-1-3-13(19)8-10/h1-8,26H,9H2. The molecule has 136 valence electrons. The summed E-state index contributed by atoms with van der Waals surface area (Å²) in [6.07, 6.45) is -5.60. The van der Waals surface area contributed by atoms with Gasteiger partial charge in [0, 0.05) is 20.1 Å². The Hall–Kier alpha value is -1.71. The second-order valence-corrected chi connectivity index (χ2v) is 7.50. The van der Waals surface area contributed by atoms with E-state index in [-0.39, 0.29) is 11.1 Å². The first-order valence-corrected chi connectivity index (χ1v) is 8.93. The molecular formula is C17H11Br2F3N2O2. The molecule has 0 fully saturated rings. The smallest absolute Gasteiger partial charge is 0.365 e. The molecule has 26 heavy (non-hydrogen) atoms. The first-order valence-electron chi connectivity index (χ1n) is 7.34. The Morgan fingerprint density at radius 1 is 1.12 bits per heavy atom. The topological polar surface area (TPSA) is 52.9 Å². The van der Waals surface area contributed by atoms with Gasteiger partial charge in [-0.2, -0.15) is 23.3 Å². The van der Waals surface area contributed by atoms with Gasteiger partial charge in [0.05, 0.1) is 6.42 Å². The number of hydrogen-bond donors (Lipinski definition) is 1. The highest BCUT2D eigenvalue weighted by atomic mass is 79.9. The number of rotatable bonds is 2. The zero-order valence-corrected chi connectivity index (χ0v) is 16.1. The molecule has 1 unspecified atom stereocenters. The zero-order valence-electron chi connectivity index (χ0n) is 13.0. The van der Waals surface area contributed by atoms with E-state index in [0.717, 1.165) is 0 Å². The number of halogens is 5. The lowest BCUT2D eigenvalue weighted by Crippen LogP contribution is -2.43. The van der Waals surface area contributed by atoms with Crippen molar-refractivity contribution in [3.63, 3.8) is 0 Å². The number of hydrazone groups is 1. The fraction of sp³-hybridized carbons (Fsp3) is 0.176. The van der Waals surface area contributed by atoms with Gasteiger partial charge in [0.25, 0.3) is 5.91 Å². The van der Waals surface area contributed by atoms with Crippen LogP contribution in [0, 0.1) is 0 Å². The molecule has 3 rings (SSSR count). The van der Waals surface area contributed by atoms with E-state index in [1.165, 1.54) is 24.3 Å². The van der Waals surface area contributed by atoms with Gasteiger partial charge in [-0.25, -0.2) is 0 Å². The van der Waals surface area contributed by atoms with Crippen molar-refractivity contribution in [2.75, 3.05) is 0 Å². The number of carbonyl (C=O) groups is 1. The number of nitrogens with zero attached hydrogens (tertiary/aromatic N) is 2. The third-order valence-corrected chi connectivity index (χ3v) is 4.90. The van der Waals surface area contributed by atoms with Gasteiger partial charge in [-0.15, -0.1) is 0 Å². The van der Waals surface area contributed by atoms with Crippen LogP contribution in [0.4, 0.5) is 13.2 Å². The van der Waals surface area contributed by atoms with Crippen molar-refractivity contribution < 1.29 is 23.1 Å². The van der Waals surface area contributed by atoms with Crippen LogP contribution in [0.5, 0.6) is 0 Å². The van der Waals surface area contributed by atoms with Crippen LogP contribution >= 0.6 is 31.9 Å². The zero-order chi connectivity index (χ0) is 19.1. The summed E-state index contributed by atoms with van der Waals surface area (Å²) >= 11 is 6.44. The maximum absolute atomic E-state index is 13.2. The van der Waals surface area contributed by atoms with Crippen molar-refractivity contribution in [2.45, 2.75) is 18.3 Å². The highest BCUT2D eigenvalue weighted by Gasteiger charge is 2.53. The maximum atomic E-state index is 13.2. The molecule has 1 N–H and O–H groups in total. The SMILES string of the molecule is O=C(c1cccc(Br)c1)N1N=C(C(F)(F)F)CC1(O)c1ccc(Br)cc1. The van der Waals surface area contributed by atoms with Crippen LogP contribution in [0.15, 0.2) is 62.6 Å². The molecule has 1 atom stereocenters. The molecule has 2 aromatic carbocycles. The molecular weight excluding hydrogens is 481 g/mol. The maximum Gasteiger partial charge on any atom is 0.431 e. The van der Waals surface area contributed by atoms with Gasteiger partial charge in [0.1, 0.15) is 5.71 Å². The molecule has 0 aliphatic carbocycles. The first kappa shape index (κ1) is 19.1. The van der Waals surface area contributed by atoms with Crippen molar-refractivity contribution in [1.29, 1.82) is 0 Å². The number of carbonyl (C=O) groups excluding carboxylic acids is 1. The Morgan fingerprint density at radius 2 is 1.77 bits per heavy atom. The summed E-state index contributed by atoms with van der Waals surface area (Å²) in [6.45, 7) is 0. The Morgan fingerprint density at radius 3 is 2.35 bits per heavy atom. The van der Waals surface area contributed by atoms with E-state index < -0.39 is 29.9 Å². The minimum Gasteiger partial charge on any atom is -0.365 e. The van der Waals surface area contributed by atoms with Crippen LogP contribution in [-0.2, 0) is 5.72 Å². The third-order valence-electron chi connectivity index (χ3n) is 3.88. The second-order valence-electron chi connectivity index (χ2n) is 5.67. The summed E-state index contributed by atoms with van der Waals surface area (Å²) in [5.74, 6) is -0.837. The van der Waals surface area contributed by atoms with E-state index in [1.54, 1.807) is 24.3 Å². The van der Waals surface area contributed by atoms with Gasteiger partial charge in [0.15, 0.2) is 5.72 Å². The number of benzene rings is 2. The highest BCUT2D eigenvalue weighted by Crippen LogP contribution is 2.40. The normalized spacial score (nSPS) is 20.2. The van der Waals surface area contributed by atoms with E-state index in [4.69, 9.17) is 0 Å². The molecule has 0 radical (unpaired) electrons. The highest BCUT2D eigenvalue weighted by molar-refractivity contribution is 9.10. The average molecular weight is 492 g/mol. The minimum absolute atomic E-state index is 0.0992. The molecule has 0 bridgehead atoms. The van der Waals surface area contributed by atoms with Crippen molar-refractivity contribution >= 4 is 43.5 Å². The van der Waals surface area contributed by atoms with Crippen LogP contribution in [0.2, 0.25) is 0 Å². The predicted octanol–water partition coefficient (Wildman–Crippen LogP) is 4.82. The number of alkyl halides is 3. The Bertz CT molecular complexity index is 884. The fourth-order valence-electron chi connectivity index (χ4n) is 2.60. The van der Waals surface area contributed by atoms with Gasteiger partial charge < -0.3 is 5.11 Å². The molecule has 0 saturated heterocycles. The van der Waals surface area contributed by atoms with Crippen molar-refractivity contribution in [2.24, 2.45) is 5.10 Å². The molecule has 0 spiro atoms. The Labute approximate surface area is 163 Å². The van der Waals surface area contributed by atoms with E-state index in [2.05, 4.69) is 37.0 Å². The van der Waals surface area contributed by atoms with Crippen LogP contribution in [-0.4, -0.2) is 27.9 Å². The van der Waals surface area contributed by atoms with E-state index in [1.807, 2.05) is 0 Å². The van der Waals surface area contributed by atoms with Crippen molar-refractivity contribution in [3.05, 3.63) is 68.6 Å². The molecule has 9 heteroatoms. The van der Waals surface area contributed by atoms with Crippen LogP contribution in [0.25, 0.3) is 0 Å². The summed E-state index contributed by atoms with van der Waals surface area (Å²) in [6, 6.07) is 12.2. The monoisotopic (exact) mass is 490 g/mol. The number of hydrogen-bond acceptors (Lipinski definition) is 3. The van der Waals surface area contributed by atoms with Gasteiger partial charge in [-0.1, -0.05) is 50.1 Å². The third kappa shape index (κ3) is 3.56. The fourth-order valence-corrected chi connectivity index (χ4v) is 3.27. The molecule has 1 amide bonds. The van der Waals surface area contributed by atoms with Crippen molar-refractivity contribution in [1.82, 2.24) is 5.01 Å². The molecule has 0 aromatic heterocycles. The summed E-state index contributed by atoms with van der Waals surface area (Å²) in [5, 5.41) is 14.9. The molecule has 1 aliphatic rings. The predicted molar refractivity (Wildman–Crippen MR) is 96.5 cm³/mol. The van der Waals surface area contributed by atoms with Gasteiger partial charge in [-0.3, -0.25) is 4.79 Å². The number of amides is 1. The first-order chi connectivity index (χ1) is 12.1. The summed E-state index contributed by atoms with van der Waals surface area (Å²) in [5.41, 5.74) is -3.22. The van der Waals surface area contributed by atoms with E-state index >= 15 is 0 Å².